The zero-order chi connectivity index (χ0) is 27.9. The first kappa shape index (κ1) is 30.5. The highest BCUT2D eigenvalue weighted by atomic mass is 14.8. The van der Waals surface area contributed by atoms with Crippen LogP contribution < -0.4 is 0 Å². The largest absolute Gasteiger partial charge is 0.254 e. The van der Waals surface area contributed by atoms with Crippen molar-refractivity contribution >= 4 is 23.8 Å². The summed E-state index contributed by atoms with van der Waals surface area (Å²) in [6.07, 6.45) is 17.7. The minimum atomic E-state index is 0.883. The summed E-state index contributed by atoms with van der Waals surface area (Å²) in [5, 5.41) is 0. The van der Waals surface area contributed by atoms with Gasteiger partial charge in [-0.1, -0.05) is 89.8 Å². The molecule has 0 saturated heterocycles. The number of aryl methyl sites for hydroxylation is 5. The van der Waals surface area contributed by atoms with Gasteiger partial charge in [0, 0.05) is 0 Å². The number of pyridine rings is 1. The zero-order valence-electron chi connectivity index (χ0n) is 25.1. The summed E-state index contributed by atoms with van der Waals surface area (Å²) in [5.74, 6) is 0. The van der Waals surface area contributed by atoms with Crippen molar-refractivity contribution in [1.29, 1.82) is 0 Å². The van der Waals surface area contributed by atoms with E-state index in [1.165, 1.54) is 79.2 Å². The molecule has 0 aliphatic heterocycles. The molecule has 0 spiro atoms. The number of hydrogen-bond acceptors (Lipinski definition) is 3. The Morgan fingerprint density at radius 3 is 1.21 bits per heavy atom. The number of aliphatic imine (C=N–C) groups is 2. The molecule has 0 bridgehead atoms. The standard InChI is InChI=1S/C36H49N3/c1-6-10-16-29-20-14-21-30(17-11-7-2)35(29)37-26-33-24-28(5)25-34(39-33)27-38-36-31(18-12-8-3)22-15-23-32(36)19-13-9-4/h14-15,20-27H,6-13,16-19H2,1-5H3. The highest BCUT2D eigenvalue weighted by Crippen LogP contribution is 2.29. The van der Waals surface area contributed by atoms with E-state index in [0.29, 0.717) is 0 Å². The van der Waals surface area contributed by atoms with Crippen LogP contribution in [0.4, 0.5) is 11.4 Å². The number of aromatic nitrogens is 1. The lowest BCUT2D eigenvalue weighted by Gasteiger charge is -2.11. The van der Waals surface area contributed by atoms with Gasteiger partial charge in [0.2, 0.25) is 0 Å². The SMILES string of the molecule is CCCCc1cccc(CCCC)c1N=Cc1cc(C)cc(C=Nc2c(CCCC)cccc2CCCC)n1. The number of para-hydroxylation sites is 2. The Bertz CT molecular complexity index is 1080. The third-order valence-electron chi connectivity index (χ3n) is 7.27. The van der Waals surface area contributed by atoms with Gasteiger partial charge < -0.3 is 0 Å². The summed E-state index contributed by atoms with van der Waals surface area (Å²) in [7, 11) is 0. The Labute approximate surface area is 237 Å². The number of benzene rings is 2. The molecule has 208 valence electrons. The molecular weight excluding hydrogens is 474 g/mol. The van der Waals surface area contributed by atoms with Crippen LogP contribution in [0.15, 0.2) is 58.5 Å². The van der Waals surface area contributed by atoms with Crippen molar-refractivity contribution < 1.29 is 0 Å². The Hall–Kier alpha value is -3.07. The fourth-order valence-corrected chi connectivity index (χ4v) is 5.01. The smallest absolute Gasteiger partial charge is 0.0823 e. The molecule has 0 aliphatic carbocycles. The van der Waals surface area contributed by atoms with E-state index < -0.39 is 0 Å². The highest BCUT2D eigenvalue weighted by Gasteiger charge is 2.09. The van der Waals surface area contributed by atoms with E-state index in [2.05, 4.69) is 83.1 Å². The van der Waals surface area contributed by atoms with Gasteiger partial charge in [-0.3, -0.25) is 9.98 Å². The number of hydrogen-bond donors (Lipinski definition) is 0. The van der Waals surface area contributed by atoms with Crippen molar-refractivity contribution in [3.05, 3.63) is 87.7 Å². The molecule has 0 amide bonds. The predicted octanol–water partition coefficient (Wildman–Crippen LogP) is 10.3. The highest BCUT2D eigenvalue weighted by molar-refractivity contribution is 5.85. The topological polar surface area (TPSA) is 37.6 Å². The Kier molecular flexibility index (Phi) is 13.1. The predicted molar refractivity (Wildman–Crippen MR) is 171 cm³/mol. The molecule has 2 aromatic carbocycles. The molecular formula is C36H49N3. The number of unbranched alkanes of at least 4 members (excludes halogenated alkanes) is 4. The first-order valence-corrected chi connectivity index (χ1v) is 15.4. The molecule has 3 rings (SSSR count). The van der Waals surface area contributed by atoms with Gasteiger partial charge in [-0.25, -0.2) is 4.98 Å². The monoisotopic (exact) mass is 523 g/mol. The molecule has 0 aliphatic rings. The first-order chi connectivity index (χ1) is 19.1. The third kappa shape index (κ3) is 9.56. The van der Waals surface area contributed by atoms with E-state index >= 15 is 0 Å². The molecule has 1 heterocycles. The first-order valence-electron chi connectivity index (χ1n) is 15.4. The molecule has 3 heteroatoms. The Morgan fingerprint density at radius 2 is 0.897 bits per heavy atom. The van der Waals surface area contributed by atoms with Crippen LogP contribution in [-0.2, 0) is 25.7 Å². The van der Waals surface area contributed by atoms with Crippen LogP contribution in [-0.4, -0.2) is 17.4 Å². The normalized spacial score (nSPS) is 11.7. The van der Waals surface area contributed by atoms with E-state index in [-0.39, 0.29) is 0 Å². The van der Waals surface area contributed by atoms with Crippen LogP contribution in [0.25, 0.3) is 0 Å². The lowest BCUT2D eigenvalue weighted by molar-refractivity contribution is 0.781. The van der Waals surface area contributed by atoms with Gasteiger partial charge in [0.25, 0.3) is 0 Å². The molecule has 39 heavy (non-hydrogen) atoms. The molecule has 3 aromatic rings. The van der Waals surface area contributed by atoms with Crippen LogP contribution in [0.1, 0.15) is 118 Å². The van der Waals surface area contributed by atoms with E-state index in [9.17, 15) is 0 Å². The van der Waals surface area contributed by atoms with Gasteiger partial charge in [-0.15, -0.1) is 0 Å². The summed E-state index contributed by atoms with van der Waals surface area (Å²) in [5.41, 5.74) is 10.6. The van der Waals surface area contributed by atoms with Crippen LogP contribution in [0, 0.1) is 6.92 Å². The molecule has 0 fully saturated rings. The van der Waals surface area contributed by atoms with Crippen molar-refractivity contribution in [2.75, 3.05) is 0 Å². The lowest BCUT2D eigenvalue weighted by Crippen LogP contribution is -1.98. The van der Waals surface area contributed by atoms with Gasteiger partial charge in [-0.05, 0) is 98.2 Å². The molecule has 0 radical (unpaired) electrons. The molecule has 0 atom stereocenters. The van der Waals surface area contributed by atoms with Crippen LogP contribution in [0.3, 0.4) is 0 Å². The number of rotatable bonds is 16. The average molecular weight is 524 g/mol. The van der Waals surface area contributed by atoms with E-state index in [0.717, 1.165) is 48.4 Å². The van der Waals surface area contributed by atoms with Gasteiger partial charge in [0.05, 0.1) is 35.2 Å². The van der Waals surface area contributed by atoms with Crippen molar-refractivity contribution in [3.63, 3.8) is 0 Å². The fraction of sp³-hybridized carbons (Fsp3) is 0.472. The summed E-state index contributed by atoms with van der Waals surface area (Å²) < 4.78 is 0. The van der Waals surface area contributed by atoms with Crippen LogP contribution >= 0.6 is 0 Å². The van der Waals surface area contributed by atoms with Gasteiger partial charge in [0.1, 0.15) is 0 Å². The van der Waals surface area contributed by atoms with Crippen molar-refractivity contribution in [3.8, 4) is 0 Å². The molecule has 3 nitrogen and oxygen atoms in total. The van der Waals surface area contributed by atoms with Crippen molar-refractivity contribution in [1.82, 2.24) is 4.98 Å². The second-order valence-corrected chi connectivity index (χ2v) is 10.8. The summed E-state index contributed by atoms with van der Waals surface area (Å²) in [6.45, 7) is 11.1. The lowest BCUT2D eigenvalue weighted by atomic mass is 9.99. The van der Waals surface area contributed by atoms with Crippen molar-refractivity contribution in [2.45, 2.75) is 112 Å². The van der Waals surface area contributed by atoms with Gasteiger partial charge in [0.15, 0.2) is 0 Å². The Balaban J connectivity index is 1.93. The maximum Gasteiger partial charge on any atom is 0.0823 e. The summed E-state index contributed by atoms with van der Waals surface area (Å²) >= 11 is 0. The van der Waals surface area contributed by atoms with Gasteiger partial charge >= 0.3 is 0 Å². The maximum absolute atomic E-state index is 5.05. The van der Waals surface area contributed by atoms with E-state index in [4.69, 9.17) is 15.0 Å². The second-order valence-electron chi connectivity index (χ2n) is 10.8. The third-order valence-corrected chi connectivity index (χ3v) is 7.27. The van der Waals surface area contributed by atoms with Crippen molar-refractivity contribution in [2.24, 2.45) is 9.98 Å². The Morgan fingerprint density at radius 1 is 0.564 bits per heavy atom. The molecule has 0 unspecified atom stereocenters. The van der Waals surface area contributed by atoms with E-state index in [1.54, 1.807) is 0 Å². The number of nitrogens with zero attached hydrogens (tertiary/aromatic N) is 3. The minimum Gasteiger partial charge on any atom is -0.254 e. The zero-order valence-corrected chi connectivity index (χ0v) is 25.1. The second kappa shape index (κ2) is 16.8. The molecule has 0 N–H and O–H groups in total. The summed E-state index contributed by atoms with van der Waals surface area (Å²) in [4.78, 5) is 15.0. The quantitative estimate of drug-likeness (QED) is 0.172. The molecule has 1 aromatic heterocycles. The minimum absolute atomic E-state index is 0.883. The van der Waals surface area contributed by atoms with E-state index in [1.807, 2.05) is 12.4 Å². The average Bonchev–Trinajstić information content (AvgIpc) is 2.95. The fourth-order valence-electron chi connectivity index (χ4n) is 5.01. The van der Waals surface area contributed by atoms with Gasteiger partial charge in [-0.2, -0.15) is 0 Å². The summed E-state index contributed by atoms with van der Waals surface area (Å²) in [6, 6.07) is 17.6. The van der Waals surface area contributed by atoms with Crippen LogP contribution in [0.5, 0.6) is 0 Å². The maximum atomic E-state index is 5.05. The van der Waals surface area contributed by atoms with Crippen LogP contribution in [0.2, 0.25) is 0 Å². The molecule has 0 saturated carbocycles.